The van der Waals surface area contributed by atoms with E-state index in [0.717, 1.165) is 38.9 Å². The Morgan fingerprint density at radius 3 is 1.24 bits per heavy atom. The van der Waals surface area contributed by atoms with Crippen LogP contribution in [0.5, 0.6) is 0 Å². The van der Waals surface area contributed by atoms with E-state index in [2.05, 4.69) is 89.9 Å². The van der Waals surface area contributed by atoms with Crippen LogP contribution in [0.1, 0.15) is 0 Å². The minimum atomic E-state index is 0.619. The molecule has 8 aromatic rings. The van der Waals surface area contributed by atoms with Crippen LogP contribution in [0, 0.1) is 0 Å². The van der Waals surface area contributed by atoms with Gasteiger partial charge in [-0.1, -0.05) is 121 Å². The molecule has 0 unspecified atom stereocenters. The van der Waals surface area contributed by atoms with Gasteiger partial charge in [-0.25, -0.2) is 15.0 Å². The summed E-state index contributed by atoms with van der Waals surface area (Å²) in [4.78, 5) is 19.3. The van der Waals surface area contributed by atoms with Gasteiger partial charge in [0.1, 0.15) is 0 Å². The van der Waals surface area contributed by atoms with Gasteiger partial charge in [0.25, 0.3) is 0 Å². The standard InChI is InChI=1S/C42H28N4/c1-4-11-29(12-5-1)32-18-19-34-24-35(21-20-33(34)23-32)37-25-38(36-17-10-22-43-28-36)27-39(26-37)42-45-40(30-13-6-2-7-14-30)44-41(46-42)31-15-8-3-9-16-31/h1-28H. The van der Waals surface area contributed by atoms with E-state index in [-0.39, 0.29) is 0 Å². The van der Waals surface area contributed by atoms with Gasteiger partial charge >= 0.3 is 0 Å². The number of aromatic nitrogens is 4. The summed E-state index contributed by atoms with van der Waals surface area (Å²) in [5, 5.41) is 2.38. The number of nitrogens with zero attached hydrogens (tertiary/aromatic N) is 4. The fourth-order valence-electron chi connectivity index (χ4n) is 5.80. The van der Waals surface area contributed by atoms with Gasteiger partial charge in [0, 0.05) is 34.6 Å². The largest absolute Gasteiger partial charge is 0.264 e. The smallest absolute Gasteiger partial charge is 0.164 e. The summed E-state index contributed by atoms with van der Waals surface area (Å²) in [5.74, 6) is 1.89. The first-order chi connectivity index (χ1) is 22.8. The molecule has 2 heterocycles. The van der Waals surface area contributed by atoms with Crippen LogP contribution in [0.25, 0.3) is 78.3 Å². The molecule has 0 fully saturated rings. The molecule has 4 heteroatoms. The molecule has 0 aliphatic carbocycles. The molecule has 0 atom stereocenters. The highest BCUT2D eigenvalue weighted by Crippen LogP contribution is 2.35. The van der Waals surface area contributed by atoms with E-state index in [1.807, 2.05) is 79.0 Å². The summed E-state index contributed by atoms with van der Waals surface area (Å²) in [5.41, 5.74) is 9.48. The topological polar surface area (TPSA) is 51.6 Å². The highest BCUT2D eigenvalue weighted by Gasteiger charge is 2.15. The zero-order valence-corrected chi connectivity index (χ0v) is 25.0. The van der Waals surface area contributed by atoms with Crippen molar-refractivity contribution in [2.45, 2.75) is 0 Å². The van der Waals surface area contributed by atoms with E-state index in [4.69, 9.17) is 15.0 Å². The Bertz CT molecular complexity index is 2230. The van der Waals surface area contributed by atoms with E-state index >= 15 is 0 Å². The monoisotopic (exact) mass is 588 g/mol. The fraction of sp³-hybridized carbons (Fsp3) is 0. The molecule has 0 spiro atoms. The van der Waals surface area contributed by atoms with Crippen molar-refractivity contribution in [3.63, 3.8) is 0 Å². The van der Waals surface area contributed by atoms with Crippen molar-refractivity contribution in [2.75, 3.05) is 0 Å². The van der Waals surface area contributed by atoms with Crippen molar-refractivity contribution in [1.82, 2.24) is 19.9 Å². The lowest BCUT2D eigenvalue weighted by atomic mass is 9.94. The van der Waals surface area contributed by atoms with Gasteiger partial charge in [-0.3, -0.25) is 4.98 Å². The van der Waals surface area contributed by atoms with Crippen molar-refractivity contribution in [1.29, 1.82) is 0 Å². The number of benzene rings is 6. The molecule has 0 amide bonds. The molecule has 0 N–H and O–H groups in total. The summed E-state index contributed by atoms with van der Waals surface area (Å²) in [6, 6.07) is 54.5. The number of hydrogen-bond donors (Lipinski definition) is 0. The molecule has 216 valence electrons. The molecule has 0 radical (unpaired) electrons. The van der Waals surface area contributed by atoms with Gasteiger partial charge in [-0.15, -0.1) is 0 Å². The normalized spacial score (nSPS) is 11.0. The molecule has 6 aromatic carbocycles. The molecule has 4 nitrogen and oxygen atoms in total. The Labute approximate surface area is 267 Å². The summed E-state index contributed by atoms with van der Waals surface area (Å²) in [7, 11) is 0. The van der Waals surface area contributed by atoms with E-state index in [1.165, 1.54) is 21.9 Å². The van der Waals surface area contributed by atoms with E-state index in [1.54, 1.807) is 6.20 Å². The van der Waals surface area contributed by atoms with Gasteiger partial charge in [0.05, 0.1) is 0 Å². The van der Waals surface area contributed by atoms with Crippen molar-refractivity contribution in [3.05, 3.63) is 170 Å². The third kappa shape index (κ3) is 5.56. The Kier molecular flexibility index (Phi) is 7.14. The van der Waals surface area contributed by atoms with Crippen molar-refractivity contribution in [3.8, 4) is 67.5 Å². The average molecular weight is 589 g/mol. The lowest BCUT2D eigenvalue weighted by Gasteiger charge is -2.13. The predicted molar refractivity (Wildman–Crippen MR) is 188 cm³/mol. The zero-order chi connectivity index (χ0) is 30.7. The molecule has 8 rings (SSSR count). The van der Waals surface area contributed by atoms with Crippen LogP contribution in [-0.4, -0.2) is 19.9 Å². The van der Waals surface area contributed by atoms with E-state index < -0.39 is 0 Å². The van der Waals surface area contributed by atoms with Crippen LogP contribution in [0.3, 0.4) is 0 Å². The van der Waals surface area contributed by atoms with Crippen LogP contribution in [0.15, 0.2) is 170 Å². The molecular formula is C42H28N4. The summed E-state index contributed by atoms with van der Waals surface area (Å²) in [6.07, 6.45) is 3.69. The van der Waals surface area contributed by atoms with Gasteiger partial charge in [0.15, 0.2) is 17.5 Å². The maximum atomic E-state index is 5.02. The fourth-order valence-corrected chi connectivity index (χ4v) is 5.80. The van der Waals surface area contributed by atoms with Crippen LogP contribution >= 0.6 is 0 Å². The second-order valence-electron chi connectivity index (χ2n) is 11.2. The Morgan fingerprint density at radius 2 is 0.717 bits per heavy atom. The second-order valence-corrected chi connectivity index (χ2v) is 11.2. The molecule has 0 bridgehead atoms. The summed E-state index contributed by atoms with van der Waals surface area (Å²) in [6.45, 7) is 0. The number of rotatable bonds is 6. The molecule has 2 aromatic heterocycles. The molecule has 46 heavy (non-hydrogen) atoms. The Morgan fingerprint density at radius 1 is 0.283 bits per heavy atom. The quantitative estimate of drug-likeness (QED) is 0.194. The van der Waals surface area contributed by atoms with Crippen molar-refractivity contribution < 1.29 is 0 Å². The van der Waals surface area contributed by atoms with Crippen LogP contribution < -0.4 is 0 Å². The highest BCUT2D eigenvalue weighted by atomic mass is 15.0. The van der Waals surface area contributed by atoms with E-state index in [0.29, 0.717) is 17.5 Å². The molecule has 0 saturated carbocycles. The maximum absolute atomic E-state index is 5.02. The van der Waals surface area contributed by atoms with Crippen molar-refractivity contribution in [2.24, 2.45) is 0 Å². The third-order valence-corrected chi connectivity index (χ3v) is 8.17. The lowest BCUT2D eigenvalue weighted by molar-refractivity contribution is 1.07. The third-order valence-electron chi connectivity index (χ3n) is 8.17. The summed E-state index contributed by atoms with van der Waals surface area (Å²) >= 11 is 0. The number of pyridine rings is 1. The van der Waals surface area contributed by atoms with Gasteiger partial charge in [-0.2, -0.15) is 0 Å². The first kappa shape index (κ1) is 27.3. The maximum Gasteiger partial charge on any atom is 0.164 e. The van der Waals surface area contributed by atoms with Crippen LogP contribution in [0.4, 0.5) is 0 Å². The van der Waals surface area contributed by atoms with Crippen LogP contribution in [-0.2, 0) is 0 Å². The molecule has 0 aliphatic rings. The minimum Gasteiger partial charge on any atom is -0.264 e. The lowest BCUT2D eigenvalue weighted by Crippen LogP contribution is -2.00. The first-order valence-corrected chi connectivity index (χ1v) is 15.3. The van der Waals surface area contributed by atoms with E-state index in [9.17, 15) is 0 Å². The van der Waals surface area contributed by atoms with Crippen LogP contribution in [0.2, 0.25) is 0 Å². The van der Waals surface area contributed by atoms with Crippen molar-refractivity contribution >= 4 is 10.8 Å². The number of fused-ring (bicyclic) bond motifs is 1. The Hall–Kier alpha value is -6.26. The van der Waals surface area contributed by atoms with Gasteiger partial charge in [-0.05, 0) is 75.0 Å². The first-order valence-electron chi connectivity index (χ1n) is 15.3. The predicted octanol–water partition coefficient (Wildman–Crippen LogP) is 10.4. The summed E-state index contributed by atoms with van der Waals surface area (Å²) < 4.78 is 0. The second kappa shape index (κ2) is 12.0. The molecule has 0 saturated heterocycles. The molecular weight excluding hydrogens is 560 g/mol. The average Bonchev–Trinajstić information content (AvgIpc) is 3.15. The minimum absolute atomic E-state index is 0.619. The number of hydrogen-bond acceptors (Lipinski definition) is 4. The zero-order valence-electron chi connectivity index (χ0n) is 25.0. The van der Waals surface area contributed by atoms with Gasteiger partial charge < -0.3 is 0 Å². The SMILES string of the molecule is c1ccc(-c2ccc3cc(-c4cc(-c5cccnc5)cc(-c5nc(-c6ccccc6)nc(-c6ccccc6)n5)c4)ccc3c2)cc1. The highest BCUT2D eigenvalue weighted by molar-refractivity contribution is 5.92. The molecule has 0 aliphatic heterocycles. The Balaban J connectivity index is 1.29. The van der Waals surface area contributed by atoms with Gasteiger partial charge in [0.2, 0.25) is 0 Å².